The molecule has 1 aliphatic rings. The van der Waals surface area contributed by atoms with Gasteiger partial charge in [-0.05, 0) is 25.0 Å². The highest BCUT2D eigenvalue weighted by Crippen LogP contribution is 2.24. The minimum atomic E-state index is -0.972. The molecule has 0 aromatic heterocycles. The van der Waals surface area contributed by atoms with Gasteiger partial charge in [0.2, 0.25) is 0 Å². The topological polar surface area (TPSA) is 96.0 Å². The summed E-state index contributed by atoms with van der Waals surface area (Å²) in [7, 11) is 1.57. The van der Waals surface area contributed by atoms with E-state index in [0.29, 0.717) is 18.5 Å². The Hall–Kier alpha value is -2.90. The highest BCUT2D eigenvalue weighted by atomic mass is 16.5. The zero-order valence-corrected chi connectivity index (χ0v) is 15.2. The fourth-order valence-electron chi connectivity index (χ4n) is 2.76. The van der Waals surface area contributed by atoms with E-state index in [-0.39, 0.29) is 0 Å². The third kappa shape index (κ3) is 3.84. The molecule has 26 heavy (non-hydrogen) atoms. The van der Waals surface area contributed by atoms with E-state index in [0.717, 1.165) is 4.90 Å². The predicted molar refractivity (Wildman–Crippen MR) is 94.4 cm³/mol. The predicted octanol–water partition coefficient (Wildman–Crippen LogP) is 1.30. The second-order valence-corrected chi connectivity index (χ2v) is 6.06. The van der Waals surface area contributed by atoms with Crippen LogP contribution in [0, 0.1) is 0 Å². The van der Waals surface area contributed by atoms with E-state index in [2.05, 4.69) is 5.32 Å². The number of carbonyl (C=O) groups excluding carboxylic acids is 4. The van der Waals surface area contributed by atoms with Crippen molar-refractivity contribution in [1.29, 1.82) is 0 Å². The van der Waals surface area contributed by atoms with Gasteiger partial charge in [-0.25, -0.2) is 4.79 Å². The fourth-order valence-corrected chi connectivity index (χ4v) is 2.76. The molecule has 0 radical (unpaired) electrons. The van der Waals surface area contributed by atoms with Crippen LogP contribution in [0.1, 0.15) is 26.7 Å². The number of carbonyl (C=O) groups is 4. The molecule has 0 spiro atoms. The molecule has 1 aromatic rings. The SMILES string of the molecule is CCC1(CC)NC(=O)N(CC(=O)OCC(=O)N(C)c2ccccc2)C1=O. The van der Waals surface area contributed by atoms with Crippen LogP contribution in [0.15, 0.2) is 30.3 Å². The molecule has 0 saturated carbocycles. The van der Waals surface area contributed by atoms with Gasteiger partial charge in [-0.2, -0.15) is 0 Å². The van der Waals surface area contributed by atoms with Crippen molar-refractivity contribution in [1.82, 2.24) is 10.2 Å². The first-order valence-corrected chi connectivity index (χ1v) is 8.46. The van der Waals surface area contributed by atoms with Crippen LogP contribution in [0.4, 0.5) is 10.5 Å². The zero-order chi connectivity index (χ0) is 19.3. The Morgan fingerprint density at radius 3 is 2.31 bits per heavy atom. The highest BCUT2D eigenvalue weighted by Gasteiger charge is 2.49. The van der Waals surface area contributed by atoms with Crippen molar-refractivity contribution in [2.75, 3.05) is 25.1 Å². The molecule has 8 nitrogen and oxygen atoms in total. The summed E-state index contributed by atoms with van der Waals surface area (Å²) in [6.07, 6.45) is 0.861. The number of esters is 1. The van der Waals surface area contributed by atoms with E-state index >= 15 is 0 Å². The highest BCUT2D eigenvalue weighted by molar-refractivity contribution is 6.08. The van der Waals surface area contributed by atoms with Gasteiger partial charge < -0.3 is 15.0 Å². The van der Waals surface area contributed by atoms with E-state index in [4.69, 9.17) is 4.74 Å². The Bertz CT molecular complexity index is 700. The third-order valence-electron chi connectivity index (χ3n) is 4.61. The summed E-state index contributed by atoms with van der Waals surface area (Å²) in [5, 5.41) is 2.63. The van der Waals surface area contributed by atoms with E-state index in [1.807, 2.05) is 6.07 Å². The van der Waals surface area contributed by atoms with Crippen LogP contribution in [-0.2, 0) is 19.1 Å². The van der Waals surface area contributed by atoms with Gasteiger partial charge in [-0.3, -0.25) is 19.3 Å². The first kappa shape index (κ1) is 19.4. The Labute approximate surface area is 152 Å². The Morgan fingerprint density at radius 2 is 1.77 bits per heavy atom. The summed E-state index contributed by atoms with van der Waals surface area (Å²) in [6.45, 7) is 2.60. The number of amides is 4. The molecule has 1 saturated heterocycles. The lowest BCUT2D eigenvalue weighted by Gasteiger charge is -2.23. The lowest BCUT2D eigenvalue weighted by molar-refractivity contribution is -0.150. The van der Waals surface area contributed by atoms with Gasteiger partial charge in [0.25, 0.3) is 11.8 Å². The van der Waals surface area contributed by atoms with Crippen molar-refractivity contribution >= 4 is 29.5 Å². The van der Waals surface area contributed by atoms with Gasteiger partial charge in [0, 0.05) is 12.7 Å². The number of likely N-dealkylation sites (N-methyl/N-ethyl adjacent to an activating group) is 1. The van der Waals surface area contributed by atoms with Crippen LogP contribution in [0.25, 0.3) is 0 Å². The molecule has 1 aromatic carbocycles. The molecule has 4 amide bonds. The molecule has 1 aliphatic heterocycles. The van der Waals surface area contributed by atoms with Gasteiger partial charge in [-0.1, -0.05) is 32.0 Å². The maximum absolute atomic E-state index is 12.4. The molecule has 0 aliphatic carbocycles. The number of hydrogen-bond donors (Lipinski definition) is 1. The zero-order valence-electron chi connectivity index (χ0n) is 15.2. The van der Waals surface area contributed by atoms with Gasteiger partial charge in [0.1, 0.15) is 12.1 Å². The lowest BCUT2D eigenvalue weighted by atomic mass is 9.93. The third-order valence-corrected chi connectivity index (χ3v) is 4.61. The maximum atomic E-state index is 12.4. The molecule has 1 heterocycles. The lowest BCUT2D eigenvalue weighted by Crippen LogP contribution is -2.46. The number of imide groups is 1. The van der Waals surface area contributed by atoms with Crippen LogP contribution < -0.4 is 10.2 Å². The monoisotopic (exact) mass is 361 g/mol. The number of ether oxygens (including phenoxy) is 1. The van der Waals surface area contributed by atoms with Crippen molar-refractivity contribution in [2.45, 2.75) is 32.2 Å². The normalized spacial score (nSPS) is 15.6. The first-order chi connectivity index (χ1) is 12.3. The molecule has 0 unspecified atom stereocenters. The minimum Gasteiger partial charge on any atom is -0.454 e. The molecule has 0 atom stereocenters. The van der Waals surface area contributed by atoms with Crippen LogP contribution in [0.2, 0.25) is 0 Å². The van der Waals surface area contributed by atoms with Crippen molar-refractivity contribution in [3.05, 3.63) is 30.3 Å². The van der Waals surface area contributed by atoms with E-state index in [1.54, 1.807) is 45.2 Å². The summed E-state index contributed by atoms with van der Waals surface area (Å²) >= 11 is 0. The number of hydrogen-bond acceptors (Lipinski definition) is 5. The van der Waals surface area contributed by atoms with E-state index in [9.17, 15) is 19.2 Å². The maximum Gasteiger partial charge on any atom is 0.326 e. The molecular formula is C18H23N3O5. The van der Waals surface area contributed by atoms with Crippen molar-refractivity contribution in [2.24, 2.45) is 0 Å². The number of nitrogens with zero attached hydrogens (tertiary/aromatic N) is 2. The molecule has 2 rings (SSSR count). The van der Waals surface area contributed by atoms with Gasteiger partial charge in [-0.15, -0.1) is 0 Å². The van der Waals surface area contributed by atoms with Crippen LogP contribution in [0.5, 0.6) is 0 Å². The Balaban J connectivity index is 1.90. The standard InChI is InChI=1S/C18H23N3O5/c1-4-18(5-2)16(24)21(17(25)19-18)11-15(23)26-12-14(22)20(3)13-9-7-6-8-10-13/h6-10H,4-5,11-12H2,1-3H3,(H,19,25). The summed E-state index contributed by atoms with van der Waals surface area (Å²) in [4.78, 5) is 50.7. The molecular weight excluding hydrogens is 338 g/mol. The summed E-state index contributed by atoms with van der Waals surface area (Å²) < 4.78 is 4.94. The number of para-hydroxylation sites is 1. The van der Waals surface area contributed by atoms with Crippen LogP contribution in [-0.4, -0.2) is 54.5 Å². The quantitative estimate of drug-likeness (QED) is 0.583. The molecule has 8 heteroatoms. The van der Waals surface area contributed by atoms with Crippen LogP contribution in [0.3, 0.4) is 0 Å². The van der Waals surface area contributed by atoms with Gasteiger partial charge in [0.15, 0.2) is 6.61 Å². The summed E-state index contributed by atoms with van der Waals surface area (Å²) in [6, 6.07) is 8.28. The average molecular weight is 361 g/mol. The number of anilines is 1. The second-order valence-electron chi connectivity index (χ2n) is 6.06. The smallest absolute Gasteiger partial charge is 0.326 e. The summed E-state index contributed by atoms with van der Waals surface area (Å²) in [5.74, 6) is -1.68. The van der Waals surface area contributed by atoms with Crippen molar-refractivity contribution in [3.63, 3.8) is 0 Å². The number of nitrogens with one attached hydrogen (secondary N) is 1. The molecule has 140 valence electrons. The first-order valence-electron chi connectivity index (χ1n) is 8.46. The molecule has 1 N–H and O–H groups in total. The van der Waals surface area contributed by atoms with E-state index < -0.39 is 42.5 Å². The number of benzene rings is 1. The van der Waals surface area contributed by atoms with Gasteiger partial charge in [0.05, 0.1) is 0 Å². The van der Waals surface area contributed by atoms with Crippen LogP contribution >= 0.6 is 0 Å². The molecule has 0 bridgehead atoms. The van der Waals surface area contributed by atoms with E-state index in [1.165, 1.54) is 4.90 Å². The second kappa shape index (κ2) is 7.99. The Morgan fingerprint density at radius 1 is 1.15 bits per heavy atom. The van der Waals surface area contributed by atoms with Gasteiger partial charge >= 0.3 is 12.0 Å². The largest absolute Gasteiger partial charge is 0.454 e. The molecule has 1 fully saturated rings. The number of urea groups is 1. The van der Waals surface area contributed by atoms with Crippen molar-refractivity contribution in [3.8, 4) is 0 Å². The number of rotatable bonds is 7. The fraction of sp³-hybridized carbons (Fsp3) is 0.444. The summed E-state index contributed by atoms with van der Waals surface area (Å²) in [5.41, 5.74) is -0.306. The van der Waals surface area contributed by atoms with Crippen molar-refractivity contribution < 1.29 is 23.9 Å². The Kier molecular flexibility index (Phi) is 5.97. The minimum absolute atomic E-state index is 0.418. The average Bonchev–Trinajstić information content (AvgIpc) is 2.90.